The number of nitrogens with zero attached hydrogens (tertiary/aromatic N) is 2. The van der Waals surface area contributed by atoms with Crippen LogP contribution in [0.2, 0.25) is 0 Å². The van der Waals surface area contributed by atoms with Gasteiger partial charge < -0.3 is 15.0 Å². The van der Waals surface area contributed by atoms with Gasteiger partial charge in [0, 0.05) is 6.61 Å². The Kier molecular flexibility index (Phi) is 5.38. The third-order valence-electron chi connectivity index (χ3n) is 4.77. The summed E-state index contributed by atoms with van der Waals surface area (Å²) in [5.74, 6) is 2.17. The van der Waals surface area contributed by atoms with E-state index >= 15 is 0 Å². The summed E-state index contributed by atoms with van der Waals surface area (Å²) < 4.78 is 11.5. The molecule has 4 atom stereocenters. The zero-order valence-electron chi connectivity index (χ0n) is 13.8. The van der Waals surface area contributed by atoms with Crippen LogP contribution in [0.1, 0.15) is 77.6 Å². The van der Waals surface area contributed by atoms with Gasteiger partial charge in [0.15, 0.2) is 0 Å². The maximum absolute atomic E-state index is 6.20. The van der Waals surface area contributed by atoms with Crippen molar-refractivity contribution in [2.75, 3.05) is 6.61 Å². The quantitative estimate of drug-likeness (QED) is 0.868. The summed E-state index contributed by atoms with van der Waals surface area (Å²) in [4.78, 5) is 4.60. The van der Waals surface area contributed by atoms with Gasteiger partial charge in [0.1, 0.15) is 5.60 Å². The summed E-state index contributed by atoms with van der Waals surface area (Å²) in [6.45, 7) is 9.17. The van der Waals surface area contributed by atoms with E-state index in [1.54, 1.807) is 0 Å². The Hall–Kier alpha value is -0.940. The first-order valence-electron chi connectivity index (χ1n) is 8.26. The average molecular weight is 295 g/mol. The van der Waals surface area contributed by atoms with Crippen molar-refractivity contribution in [3.8, 4) is 0 Å². The molecule has 0 amide bonds. The van der Waals surface area contributed by atoms with E-state index in [1.165, 1.54) is 6.42 Å². The van der Waals surface area contributed by atoms with Crippen LogP contribution in [0.3, 0.4) is 0 Å². The molecule has 1 fully saturated rings. The van der Waals surface area contributed by atoms with Crippen LogP contribution < -0.4 is 5.73 Å². The highest BCUT2D eigenvalue weighted by Crippen LogP contribution is 2.42. The Morgan fingerprint density at radius 3 is 2.86 bits per heavy atom. The third kappa shape index (κ3) is 3.46. The summed E-state index contributed by atoms with van der Waals surface area (Å²) in [6, 6.07) is -0.198. The second-order valence-corrected chi connectivity index (χ2v) is 6.50. The molecule has 0 aromatic carbocycles. The van der Waals surface area contributed by atoms with Crippen LogP contribution in [0.4, 0.5) is 0 Å². The van der Waals surface area contributed by atoms with Crippen LogP contribution in [0.15, 0.2) is 4.52 Å². The van der Waals surface area contributed by atoms with Gasteiger partial charge in [0.25, 0.3) is 0 Å². The number of rotatable bonds is 6. The van der Waals surface area contributed by atoms with Gasteiger partial charge in [-0.1, -0.05) is 38.8 Å². The smallest absolute Gasteiger partial charge is 0.243 e. The van der Waals surface area contributed by atoms with Crippen molar-refractivity contribution >= 4 is 0 Å². The number of aromatic nitrogens is 2. The van der Waals surface area contributed by atoms with Crippen LogP contribution in [0.25, 0.3) is 0 Å². The van der Waals surface area contributed by atoms with Crippen molar-refractivity contribution in [3.63, 3.8) is 0 Å². The molecule has 1 aromatic rings. The topological polar surface area (TPSA) is 74.2 Å². The Labute approximate surface area is 127 Å². The van der Waals surface area contributed by atoms with Gasteiger partial charge in [-0.15, -0.1) is 0 Å². The van der Waals surface area contributed by atoms with Crippen molar-refractivity contribution < 1.29 is 9.26 Å². The van der Waals surface area contributed by atoms with Gasteiger partial charge in [0.05, 0.1) is 6.04 Å². The first kappa shape index (κ1) is 16.4. The van der Waals surface area contributed by atoms with Crippen LogP contribution >= 0.6 is 0 Å². The zero-order chi connectivity index (χ0) is 15.5. The lowest BCUT2D eigenvalue weighted by atomic mass is 9.78. The highest BCUT2D eigenvalue weighted by molar-refractivity contribution is 5.06. The number of hydrogen-bond acceptors (Lipinski definition) is 5. The molecule has 1 saturated carbocycles. The van der Waals surface area contributed by atoms with E-state index in [1.807, 2.05) is 6.92 Å². The van der Waals surface area contributed by atoms with Gasteiger partial charge in [0.2, 0.25) is 11.7 Å². The zero-order valence-corrected chi connectivity index (χ0v) is 13.8. The van der Waals surface area contributed by atoms with E-state index < -0.39 is 0 Å². The normalized spacial score (nSPS) is 29.3. The van der Waals surface area contributed by atoms with Crippen molar-refractivity contribution in [1.29, 1.82) is 0 Å². The molecule has 5 nitrogen and oxygen atoms in total. The minimum Gasteiger partial charge on any atom is -0.367 e. The molecule has 1 aliphatic carbocycles. The first-order valence-corrected chi connectivity index (χ1v) is 8.26. The van der Waals surface area contributed by atoms with Gasteiger partial charge in [-0.05, 0) is 38.0 Å². The van der Waals surface area contributed by atoms with Crippen molar-refractivity contribution in [1.82, 2.24) is 10.1 Å². The SMILES string of the molecule is CCOC1(c2noc(C(N)C(C)CC)n2)CCCC(C)C1. The lowest BCUT2D eigenvalue weighted by Crippen LogP contribution is -2.36. The molecule has 0 aliphatic heterocycles. The van der Waals surface area contributed by atoms with Crippen LogP contribution in [-0.2, 0) is 10.3 Å². The molecule has 0 saturated heterocycles. The fourth-order valence-corrected chi connectivity index (χ4v) is 3.23. The summed E-state index contributed by atoms with van der Waals surface area (Å²) >= 11 is 0. The van der Waals surface area contributed by atoms with E-state index in [9.17, 15) is 0 Å². The second kappa shape index (κ2) is 6.88. The second-order valence-electron chi connectivity index (χ2n) is 6.50. The molecule has 21 heavy (non-hydrogen) atoms. The molecule has 0 spiro atoms. The molecular weight excluding hydrogens is 266 g/mol. The monoisotopic (exact) mass is 295 g/mol. The predicted molar refractivity (Wildman–Crippen MR) is 81.6 cm³/mol. The lowest BCUT2D eigenvalue weighted by molar-refractivity contribution is -0.0891. The lowest BCUT2D eigenvalue weighted by Gasteiger charge is -2.37. The highest BCUT2D eigenvalue weighted by atomic mass is 16.5. The van der Waals surface area contributed by atoms with Gasteiger partial charge in [-0.2, -0.15) is 4.98 Å². The van der Waals surface area contributed by atoms with E-state index in [2.05, 4.69) is 30.9 Å². The molecule has 2 rings (SSSR count). The molecule has 5 heteroatoms. The van der Waals surface area contributed by atoms with Gasteiger partial charge in [-0.25, -0.2) is 0 Å². The fraction of sp³-hybridized carbons (Fsp3) is 0.875. The Balaban J connectivity index is 2.24. The summed E-state index contributed by atoms with van der Waals surface area (Å²) in [7, 11) is 0. The Morgan fingerprint density at radius 2 is 2.24 bits per heavy atom. The first-order chi connectivity index (χ1) is 10.0. The molecule has 0 bridgehead atoms. The maximum atomic E-state index is 6.20. The standard InChI is InChI=1S/C16H29N3O2/c1-5-12(4)13(17)14-18-15(19-21-14)16(20-6-2)9-7-8-11(3)10-16/h11-13H,5-10,17H2,1-4H3. The largest absolute Gasteiger partial charge is 0.367 e. The summed E-state index contributed by atoms with van der Waals surface area (Å²) in [5.41, 5.74) is 5.81. The van der Waals surface area contributed by atoms with Gasteiger partial charge >= 0.3 is 0 Å². The van der Waals surface area contributed by atoms with Crippen molar-refractivity contribution in [2.24, 2.45) is 17.6 Å². The van der Waals surface area contributed by atoms with Crippen LogP contribution in [0, 0.1) is 11.8 Å². The number of nitrogens with two attached hydrogens (primary N) is 1. The van der Waals surface area contributed by atoms with E-state index in [-0.39, 0.29) is 11.6 Å². The predicted octanol–water partition coefficient (Wildman–Crippen LogP) is 3.56. The Morgan fingerprint density at radius 1 is 1.48 bits per heavy atom. The third-order valence-corrected chi connectivity index (χ3v) is 4.77. The average Bonchev–Trinajstić information content (AvgIpc) is 2.96. The van der Waals surface area contributed by atoms with E-state index in [0.29, 0.717) is 30.2 Å². The van der Waals surface area contributed by atoms with Crippen molar-refractivity contribution in [2.45, 2.75) is 71.4 Å². The molecule has 2 N–H and O–H groups in total. The highest BCUT2D eigenvalue weighted by Gasteiger charge is 2.42. The molecule has 1 aromatic heterocycles. The van der Waals surface area contributed by atoms with Crippen LogP contribution in [0.5, 0.6) is 0 Å². The van der Waals surface area contributed by atoms with Gasteiger partial charge in [-0.3, -0.25) is 0 Å². The molecule has 1 aliphatic rings. The summed E-state index contributed by atoms with van der Waals surface area (Å²) in [6.07, 6.45) is 5.29. The Bertz CT molecular complexity index is 444. The summed E-state index contributed by atoms with van der Waals surface area (Å²) in [5, 5.41) is 4.21. The molecule has 1 heterocycles. The molecule has 120 valence electrons. The molecule has 0 radical (unpaired) electrons. The maximum Gasteiger partial charge on any atom is 0.243 e. The van der Waals surface area contributed by atoms with Crippen LogP contribution in [-0.4, -0.2) is 16.7 Å². The molecule has 4 unspecified atom stereocenters. The minimum atomic E-state index is -0.386. The molecular formula is C16H29N3O2. The minimum absolute atomic E-state index is 0.198. The fourth-order valence-electron chi connectivity index (χ4n) is 3.23. The number of hydrogen-bond donors (Lipinski definition) is 1. The van der Waals surface area contributed by atoms with E-state index in [4.69, 9.17) is 15.0 Å². The van der Waals surface area contributed by atoms with E-state index in [0.717, 1.165) is 25.7 Å². The van der Waals surface area contributed by atoms with Crippen molar-refractivity contribution in [3.05, 3.63) is 11.7 Å². The number of ether oxygens (including phenoxy) is 1.